The van der Waals surface area contributed by atoms with E-state index in [9.17, 15) is 4.79 Å². The van der Waals surface area contributed by atoms with E-state index in [2.05, 4.69) is 150 Å². The molecular formula is C61H87N9O2. The fourth-order valence-electron chi connectivity index (χ4n) is 10.7. The zero-order valence-corrected chi connectivity index (χ0v) is 45.7. The third-order valence-corrected chi connectivity index (χ3v) is 14.8. The van der Waals surface area contributed by atoms with Crippen LogP contribution in [0.1, 0.15) is 126 Å². The molecule has 0 saturated carbocycles. The quantitative estimate of drug-likeness (QED) is 0.0287. The van der Waals surface area contributed by atoms with Crippen molar-refractivity contribution in [1.82, 2.24) is 39.5 Å². The second-order valence-electron chi connectivity index (χ2n) is 21.6. The summed E-state index contributed by atoms with van der Waals surface area (Å²) in [6, 6.07) is 16.1. The van der Waals surface area contributed by atoms with E-state index < -0.39 is 0 Å². The predicted octanol–water partition coefficient (Wildman–Crippen LogP) is 11.3. The number of pyridine rings is 1. The summed E-state index contributed by atoms with van der Waals surface area (Å²) >= 11 is 0. The number of rotatable bonds is 28. The summed E-state index contributed by atoms with van der Waals surface area (Å²) in [6.45, 7) is 37.9. The lowest BCUT2D eigenvalue weighted by molar-refractivity contribution is -0.119. The van der Waals surface area contributed by atoms with Crippen LogP contribution in [0.5, 0.6) is 0 Å². The van der Waals surface area contributed by atoms with Crippen molar-refractivity contribution >= 4 is 17.3 Å². The number of aryl methyl sites for hydroxylation is 2. The summed E-state index contributed by atoms with van der Waals surface area (Å²) in [5.41, 5.74) is 20.8. The summed E-state index contributed by atoms with van der Waals surface area (Å²) in [7, 11) is 3.93. The smallest absolute Gasteiger partial charge is 0.210 e. The van der Waals surface area contributed by atoms with Gasteiger partial charge in [-0.05, 0) is 129 Å². The maximum Gasteiger partial charge on any atom is 0.210 e. The highest BCUT2D eigenvalue weighted by molar-refractivity contribution is 5.95. The van der Waals surface area contributed by atoms with Crippen LogP contribution in [-0.2, 0) is 41.9 Å². The molecule has 3 unspecified atom stereocenters. The number of allylic oxidation sites excluding steroid dienone is 1. The summed E-state index contributed by atoms with van der Waals surface area (Å²) in [4.78, 5) is 33.4. The van der Waals surface area contributed by atoms with Crippen LogP contribution in [0.3, 0.4) is 0 Å². The van der Waals surface area contributed by atoms with Crippen LogP contribution in [0.4, 0.5) is 0 Å². The Morgan fingerprint density at radius 1 is 0.944 bits per heavy atom. The fraction of sp³-hybridized carbons (Fsp3) is 0.508. The van der Waals surface area contributed by atoms with Gasteiger partial charge in [0, 0.05) is 105 Å². The number of nitrogens with zero attached hydrogens (tertiary/aromatic N) is 7. The highest BCUT2D eigenvalue weighted by atomic mass is 16.5. The molecule has 6 rings (SSSR count). The van der Waals surface area contributed by atoms with Crippen molar-refractivity contribution < 1.29 is 9.53 Å². The average Bonchev–Trinajstić information content (AvgIpc) is 3.66. The Kier molecular flexibility index (Phi) is 20.0. The first-order valence-corrected chi connectivity index (χ1v) is 26.7. The maximum absolute atomic E-state index is 12.0. The molecule has 0 bridgehead atoms. The van der Waals surface area contributed by atoms with Gasteiger partial charge in [0.25, 0.3) is 0 Å². The third-order valence-electron chi connectivity index (χ3n) is 14.8. The van der Waals surface area contributed by atoms with Gasteiger partial charge in [0.2, 0.25) is 6.41 Å². The number of morpholine rings is 1. The minimum absolute atomic E-state index is 0.00167. The topological polar surface area (TPSA) is 118 Å². The van der Waals surface area contributed by atoms with Gasteiger partial charge in [0.15, 0.2) is 0 Å². The van der Waals surface area contributed by atoms with E-state index in [1.165, 1.54) is 50.0 Å². The zero-order chi connectivity index (χ0) is 52.1. The number of aromatic nitrogens is 4. The minimum atomic E-state index is -0.173. The van der Waals surface area contributed by atoms with Gasteiger partial charge in [-0.25, -0.2) is 9.97 Å². The molecule has 3 atom stereocenters. The monoisotopic (exact) mass is 978 g/mol. The molecule has 11 heteroatoms. The lowest BCUT2D eigenvalue weighted by atomic mass is 9.79. The van der Waals surface area contributed by atoms with Gasteiger partial charge in [0.05, 0.1) is 36.7 Å². The van der Waals surface area contributed by atoms with Crippen LogP contribution in [0, 0.1) is 18.3 Å². The number of fused-ring (bicyclic) bond motifs is 1. The van der Waals surface area contributed by atoms with E-state index in [1.54, 1.807) is 4.90 Å². The lowest BCUT2D eigenvalue weighted by Crippen LogP contribution is -2.46. The van der Waals surface area contributed by atoms with Crippen LogP contribution in [-0.4, -0.2) is 106 Å². The van der Waals surface area contributed by atoms with Crippen LogP contribution in [0.2, 0.25) is 0 Å². The number of unbranched alkanes of at least 4 members (excludes halogenated alkanes) is 1. The van der Waals surface area contributed by atoms with E-state index >= 15 is 0 Å². The van der Waals surface area contributed by atoms with Crippen LogP contribution >= 0.6 is 0 Å². The van der Waals surface area contributed by atoms with Gasteiger partial charge >= 0.3 is 0 Å². The molecule has 0 spiro atoms. The van der Waals surface area contributed by atoms with Gasteiger partial charge < -0.3 is 30.2 Å². The van der Waals surface area contributed by atoms with Gasteiger partial charge in [-0.1, -0.05) is 90.6 Å². The Balaban J connectivity index is 1.44. The molecule has 4 heterocycles. The second-order valence-corrected chi connectivity index (χ2v) is 21.6. The van der Waals surface area contributed by atoms with Crippen molar-refractivity contribution in [3.05, 3.63) is 138 Å². The van der Waals surface area contributed by atoms with Crippen molar-refractivity contribution in [2.75, 3.05) is 53.5 Å². The minimum Gasteiger partial charge on any atom is -0.379 e. The third kappa shape index (κ3) is 14.1. The number of nitrogens with two attached hydrogens (primary N) is 1. The molecule has 1 saturated heterocycles. The van der Waals surface area contributed by atoms with Crippen LogP contribution in [0.25, 0.3) is 33.3 Å². The first kappa shape index (κ1) is 55.7. The van der Waals surface area contributed by atoms with Crippen molar-refractivity contribution in [2.24, 2.45) is 17.1 Å². The Morgan fingerprint density at radius 2 is 1.67 bits per heavy atom. The molecule has 0 radical (unpaired) electrons. The number of nitrogens with one attached hydrogen (secondary N) is 1. The number of likely N-dealkylation sites (N-methyl/N-ethyl adjacent to an activating group) is 2. The Hall–Kier alpha value is -5.62. The van der Waals surface area contributed by atoms with Crippen molar-refractivity contribution in [3.8, 4) is 22.4 Å². The molecule has 1 aliphatic heterocycles. The van der Waals surface area contributed by atoms with Gasteiger partial charge in [-0.15, -0.1) is 6.58 Å². The average molecular weight is 978 g/mol. The zero-order valence-electron chi connectivity index (χ0n) is 45.7. The highest BCUT2D eigenvalue weighted by Gasteiger charge is 2.29. The second kappa shape index (κ2) is 25.9. The standard InChI is InChI=1S/C61H87N9O2/c1-14-17-22-61(10,11)36-54-52-35-50(51-30-43(6)29-47(31-51)33-55(46(9)67(12)24-19-18-23-62)66-45(8)59(42(4)5)68(13)41-71)20-21-56(52)70(16-3)60(54)53-32-48(37-65-58(53)44(7)15-2)34-57-63-38-49(39-64-57)40-69-25-27-72-28-26-69/h14,20-21,29-32,35,37-39,41-42,44,55,59,66H,1,8-9,15-19,22-28,33-34,36,40,62H2,2-7,10-13H3. The predicted molar refractivity (Wildman–Crippen MR) is 300 cm³/mol. The molecule has 1 fully saturated rings. The van der Waals surface area contributed by atoms with Crippen molar-refractivity contribution in [1.29, 1.82) is 0 Å². The maximum atomic E-state index is 12.0. The first-order valence-electron chi connectivity index (χ1n) is 26.7. The van der Waals surface area contributed by atoms with Gasteiger partial charge in [0.1, 0.15) is 5.82 Å². The molecule has 3 aromatic heterocycles. The molecule has 5 aromatic rings. The Morgan fingerprint density at radius 3 is 2.32 bits per heavy atom. The van der Waals surface area contributed by atoms with Gasteiger partial charge in [-0.3, -0.25) is 14.7 Å². The van der Waals surface area contributed by atoms with Crippen LogP contribution in [0.15, 0.2) is 98.3 Å². The number of hydrogen-bond donors (Lipinski definition) is 2. The molecule has 0 aliphatic carbocycles. The molecule has 2 aromatic carbocycles. The summed E-state index contributed by atoms with van der Waals surface area (Å²) in [5.74, 6) is 1.23. The number of carbonyl (C=O) groups is 1. The van der Waals surface area contributed by atoms with E-state index in [-0.39, 0.29) is 29.3 Å². The largest absolute Gasteiger partial charge is 0.379 e. The van der Waals surface area contributed by atoms with E-state index in [4.69, 9.17) is 25.4 Å². The number of hydrogen-bond acceptors (Lipinski definition) is 9. The van der Waals surface area contributed by atoms with Crippen molar-refractivity contribution in [3.63, 3.8) is 0 Å². The van der Waals surface area contributed by atoms with Crippen molar-refractivity contribution in [2.45, 2.75) is 138 Å². The summed E-state index contributed by atoms with van der Waals surface area (Å²) < 4.78 is 8.10. The first-order chi connectivity index (χ1) is 34.5. The van der Waals surface area contributed by atoms with Crippen LogP contribution < -0.4 is 11.1 Å². The Labute approximate surface area is 433 Å². The summed E-state index contributed by atoms with van der Waals surface area (Å²) in [5, 5.41) is 5.05. The van der Waals surface area contributed by atoms with E-state index in [1.807, 2.05) is 25.6 Å². The van der Waals surface area contributed by atoms with E-state index in [0.717, 1.165) is 125 Å². The number of benzene rings is 2. The normalized spacial score (nSPS) is 14.6. The molecule has 72 heavy (non-hydrogen) atoms. The highest BCUT2D eigenvalue weighted by Crippen LogP contribution is 2.43. The number of carbonyl (C=O) groups excluding carboxylic acids is 1. The SMILES string of the molecule is C=CCCC(C)(C)Cc1c(-c2cc(Cc3ncc(CN4CCOCC4)cn3)cnc2C(C)CC)n(CC)c2ccc(-c3cc(C)cc(CC(NC(=C)C(C(C)C)N(C)C=O)C(=C)N(C)CCCCN)c3)cc12. The molecule has 11 nitrogen and oxygen atoms in total. The molecule has 388 valence electrons. The van der Waals surface area contributed by atoms with Gasteiger partial charge in [-0.2, -0.15) is 0 Å². The fourth-order valence-corrected chi connectivity index (χ4v) is 10.7. The number of amides is 1. The lowest BCUT2D eigenvalue weighted by Gasteiger charge is -2.36. The molecule has 1 amide bonds. The molecule has 1 aliphatic rings. The Bertz CT molecular complexity index is 2610. The summed E-state index contributed by atoms with van der Waals surface area (Å²) in [6.07, 6.45) is 16.0. The molecular weight excluding hydrogens is 891 g/mol. The van der Waals surface area contributed by atoms with E-state index in [0.29, 0.717) is 19.4 Å². The number of ether oxygens (including phenoxy) is 1. The molecule has 3 N–H and O–H groups in total.